The van der Waals surface area contributed by atoms with Gasteiger partial charge in [0, 0.05) is 18.3 Å². The van der Waals surface area contributed by atoms with Gasteiger partial charge in [0.15, 0.2) is 0 Å². The second-order valence-corrected chi connectivity index (χ2v) is 5.04. The number of rotatable bonds is 3. The minimum Gasteiger partial charge on any atom is -0.273 e. The molecular weight excluding hydrogens is 287 g/mol. The van der Waals surface area contributed by atoms with Crippen LogP contribution in [0.5, 0.6) is 0 Å². The lowest BCUT2D eigenvalue weighted by Gasteiger charge is -2.06. The third-order valence-corrected chi connectivity index (χ3v) is 3.50. The van der Waals surface area contributed by atoms with Gasteiger partial charge >= 0.3 is 0 Å². The molecule has 0 bridgehead atoms. The summed E-state index contributed by atoms with van der Waals surface area (Å²) in [6, 6.07) is 6.20. The minimum absolute atomic E-state index is 0.0101. The molecule has 1 saturated carbocycles. The summed E-state index contributed by atoms with van der Waals surface area (Å²) in [7, 11) is 0. The van der Waals surface area contributed by atoms with Gasteiger partial charge in [-0.2, -0.15) is 0 Å². The quantitative estimate of drug-likeness (QED) is 0.834. The predicted molar refractivity (Wildman–Crippen MR) is 74.9 cm³/mol. The zero-order valence-corrected chi connectivity index (χ0v) is 11.5. The van der Waals surface area contributed by atoms with Gasteiger partial charge in [-0.05, 0) is 30.0 Å². The smallest absolute Gasteiger partial charge is 0.273 e. The van der Waals surface area contributed by atoms with Crippen LogP contribution in [0.3, 0.4) is 0 Å². The predicted octanol–water partition coefficient (Wildman–Crippen LogP) is 1.18. The lowest BCUT2D eigenvalue weighted by atomic mass is 10.1. The van der Waals surface area contributed by atoms with E-state index in [2.05, 4.69) is 20.8 Å². The van der Waals surface area contributed by atoms with Crippen molar-refractivity contribution in [1.29, 1.82) is 0 Å². The molecule has 6 nitrogen and oxygen atoms in total. The molecule has 0 radical (unpaired) electrons. The number of benzene rings is 1. The second-order valence-electron chi connectivity index (χ2n) is 5.04. The monoisotopic (exact) mass is 300 g/mol. The van der Waals surface area contributed by atoms with E-state index >= 15 is 0 Å². The van der Waals surface area contributed by atoms with Crippen LogP contribution in [-0.4, -0.2) is 21.8 Å². The average Bonchev–Trinajstić information content (AvgIpc) is 3.34. The van der Waals surface area contributed by atoms with E-state index in [1.165, 1.54) is 30.7 Å². The van der Waals surface area contributed by atoms with E-state index in [1.807, 2.05) is 0 Å². The molecule has 3 rings (SSSR count). The van der Waals surface area contributed by atoms with Gasteiger partial charge in [-0.1, -0.05) is 12.1 Å². The minimum atomic E-state index is -0.538. The van der Waals surface area contributed by atoms with Crippen LogP contribution < -0.4 is 10.9 Å². The summed E-state index contributed by atoms with van der Waals surface area (Å²) in [4.78, 5) is 31.3. The van der Waals surface area contributed by atoms with Crippen molar-refractivity contribution in [2.45, 2.75) is 12.3 Å². The van der Waals surface area contributed by atoms with Crippen molar-refractivity contribution in [3.05, 3.63) is 59.9 Å². The van der Waals surface area contributed by atoms with Crippen LogP contribution >= 0.6 is 0 Å². The van der Waals surface area contributed by atoms with Crippen molar-refractivity contribution in [2.24, 2.45) is 5.92 Å². The van der Waals surface area contributed by atoms with Crippen molar-refractivity contribution in [3.8, 4) is 0 Å². The number of hydrazine groups is 1. The standard InChI is InChI=1S/C15H13FN4O2/c16-10-3-1-2-9(6-10)11-7-12(11)14(21)19-20-15(22)13-8-17-4-5-18-13/h1-6,8,11-12H,7H2,(H,19,21)(H,20,22)/t11-,12+/m1/s1. The summed E-state index contributed by atoms with van der Waals surface area (Å²) in [5.41, 5.74) is 5.55. The highest BCUT2D eigenvalue weighted by Gasteiger charge is 2.44. The highest BCUT2D eigenvalue weighted by atomic mass is 19.1. The lowest BCUT2D eigenvalue weighted by molar-refractivity contribution is -0.123. The van der Waals surface area contributed by atoms with E-state index in [-0.39, 0.29) is 29.3 Å². The molecule has 0 spiro atoms. The van der Waals surface area contributed by atoms with E-state index in [4.69, 9.17) is 0 Å². The first-order valence-electron chi connectivity index (χ1n) is 6.77. The normalized spacial score (nSPS) is 19.3. The average molecular weight is 300 g/mol. The van der Waals surface area contributed by atoms with Crippen LogP contribution in [-0.2, 0) is 4.79 Å². The lowest BCUT2D eigenvalue weighted by Crippen LogP contribution is -2.42. The van der Waals surface area contributed by atoms with Crippen LogP contribution in [0, 0.1) is 11.7 Å². The van der Waals surface area contributed by atoms with Crippen LogP contribution in [0.2, 0.25) is 0 Å². The number of hydrogen-bond acceptors (Lipinski definition) is 4. The maximum absolute atomic E-state index is 13.2. The number of nitrogens with zero attached hydrogens (tertiary/aromatic N) is 2. The summed E-state index contributed by atoms with van der Waals surface area (Å²) in [5, 5.41) is 0. The fourth-order valence-electron chi connectivity index (χ4n) is 2.28. The number of hydrogen-bond donors (Lipinski definition) is 2. The molecule has 1 heterocycles. The Morgan fingerprint density at radius 3 is 2.82 bits per heavy atom. The van der Waals surface area contributed by atoms with Gasteiger partial charge in [-0.15, -0.1) is 0 Å². The van der Waals surface area contributed by atoms with Gasteiger partial charge in [0.25, 0.3) is 5.91 Å². The SMILES string of the molecule is O=C(NNC(=O)[C@H]1C[C@@H]1c1cccc(F)c1)c1cnccn1. The second kappa shape index (κ2) is 5.88. The summed E-state index contributed by atoms with van der Waals surface area (Å²) >= 11 is 0. The summed E-state index contributed by atoms with van der Waals surface area (Å²) in [5.74, 6) is -1.43. The molecule has 1 aromatic carbocycles. The number of nitrogens with one attached hydrogen (secondary N) is 2. The molecule has 1 aromatic heterocycles. The highest BCUT2D eigenvalue weighted by molar-refractivity contribution is 5.94. The molecule has 7 heteroatoms. The van der Waals surface area contributed by atoms with Crippen molar-refractivity contribution < 1.29 is 14.0 Å². The first kappa shape index (κ1) is 14.1. The number of amides is 2. The van der Waals surface area contributed by atoms with Gasteiger partial charge in [0.2, 0.25) is 5.91 Å². The van der Waals surface area contributed by atoms with E-state index in [0.29, 0.717) is 6.42 Å². The Morgan fingerprint density at radius 1 is 1.23 bits per heavy atom. The zero-order valence-electron chi connectivity index (χ0n) is 11.5. The van der Waals surface area contributed by atoms with E-state index < -0.39 is 5.91 Å². The highest BCUT2D eigenvalue weighted by Crippen LogP contribution is 2.47. The number of aromatic nitrogens is 2. The number of carbonyl (C=O) groups excluding carboxylic acids is 2. The molecule has 2 aromatic rings. The molecule has 0 saturated heterocycles. The maximum atomic E-state index is 13.2. The fourth-order valence-corrected chi connectivity index (χ4v) is 2.28. The zero-order chi connectivity index (χ0) is 15.5. The Balaban J connectivity index is 1.53. The summed E-state index contributed by atoms with van der Waals surface area (Å²) in [6.07, 6.45) is 4.77. The summed E-state index contributed by atoms with van der Waals surface area (Å²) in [6.45, 7) is 0. The van der Waals surface area contributed by atoms with E-state index in [9.17, 15) is 14.0 Å². The van der Waals surface area contributed by atoms with Gasteiger partial charge < -0.3 is 0 Å². The molecule has 1 aliphatic carbocycles. The van der Waals surface area contributed by atoms with Gasteiger partial charge in [0.1, 0.15) is 11.5 Å². The molecule has 2 amide bonds. The Morgan fingerprint density at radius 2 is 2.09 bits per heavy atom. The molecule has 112 valence electrons. The molecule has 2 N–H and O–H groups in total. The van der Waals surface area contributed by atoms with Crippen molar-refractivity contribution >= 4 is 11.8 Å². The Bertz CT molecular complexity index is 708. The van der Waals surface area contributed by atoms with Crippen molar-refractivity contribution in [3.63, 3.8) is 0 Å². The molecule has 22 heavy (non-hydrogen) atoms. The van der Waals surface area contributed by atoms with Crippen molar-refractivity contribution in [1.82, 2.24) is 20.8 Å². The van der Waals surface area contributed by atoms with Crippen molar-refractivity contribution in [2.75, 3.05) is 0 Å². The molecule has 2 atom stereocenters. The number of carbonyl (C=O) groups is 2. The first-order chi connectivity index (χ1) is 10.6. The Kier molecular flexibility index (Phi) is 3.78. The first-order valence-corrected chi connectivity index (χ1v) is 6.77. The van der Waals surface area contributed by atoms with Crippen LogP contribution in [0.1, 0.15) is 28.4 Å². The van der Waals surface area contributed by atoms with Gasteiger partial charge in [0.05, 0.1) is 6.20 Å². The van der Waals surface area contributed by atoms with Crippen LogP contribution in [0.15, 0.2) is 42.9 Å². The molecule has 0 unspecified atom stereocenters. The Labute approximate surface area is 125 Å². The number of halogens is 1. The van der Waals surface area contributed by atoms with Crippen LogP contribution in [0.25, 0.3) is 0 Å². The third kappa shape index (κ3) is 3.08. The van der Waals surface area contributed by atoms with Gasteiger partial charge in [-0.25, -0.2) is 9.37 Å². The molecular formula is C15H13FN4O2. The maximum Gasteiger partial charge on any atom is 0.289 e. The largest absolute Gasteiger partial charge is 0.289 e. The summed E-state index contributed by atoms with van der Waals surface area (Å²) < 4.78 is 13.2. The third-order valence-electron chi connectivity index (χ3n) is 3.50. The van der Waals surface area contributed by atoms with E-state index in [1.54, 1.807) is 12.1 Å². The van der Waals surface area contributed by atoms with Crippen LogP contribution in [0.4, 0.5) is 4.39 Å². The fraction of sp³-hybridized carbons (Fsp3) is 0.200. The Hall–Kier alpha value is -2.83. The van der Waals surface area contributed by atoms with Gasteiger partial charge in [-0.3, -0.25) is 25.4 Å². The molecule has 1 aliphatic rings. The molecule has 0 aliphatic heterocycles. The topological polar surface area (TPSA) is 84.0 Å². The molecule has 1 fully saturated rings. The van der Waals surface area contributed by atoms with E-state index in [0.717, 1.165) is 5.56 Å².